The van der Waals surface area contributed by atoms with Crippen molar-refractivity contribution in [2.75, 3.05) is 25.5 Å². The molecule has 2 aliphatic heterocycles. The fraction of sp³-hybridized carbons (Fsp3) is 0.421. The SMILES string of the molecule is CN1CC(=O)N(CC(=O)Nc2cccc(-c3nnc4n3CCCCC4)c2)C1=O. The highest BCUT2D eigenvalue weighted by molar-refractivity contribution is 6.06. The fourth-order valence-electron chi connectivity index (χ4n) is 3.60. The van der Waals surface area contributed by atoms with Gasteiger partial charge in [0.2, 0.25) is 5.91 Å². The second-order valence-corrected chi connectivity index (χ2v) is 7.15. The highest BCUT2D eigenvalue weighted by atomic mass is 16.2. The number of anilines is 1. The van der Waals surface area contributed by atoms with E-state index in [1.54, 1.807) is 6.07 Å². The van der Waals surface area contributed by atoms with E-state index in [0.29, 0.717) is 5.69 Å². The summed E-state index contributed by atoms with van der Waals surface area (Å²) in [5.74, 6) is 0.994. The van der Waals surface area contributed by atoms with Crippen LogP contribution in [-0.2, 0) is 22.6 Å². The minimum absolute atomic E-state index is 0.000406. The lowest BCUT2D eigenvalue weighted by Gasteiger charge is -2.14. The first kappa shape index (κ1) is 18.1. The molecule has 0 bridgehead atoms. The van der Waals surface area contributed by atoms with E-state index in [2.05, 4.69) is 20.1 Å². The van der Waals surface area contributed by atoms with Gasteiger partial charge in [-0.3, -0.25) is 14.5 Å². The summed E-state index contributed by atoms with van der Waals surface area (Å²) in [7, 11) is 1.53. The van der Waals surface area contributed by atoms with Crippen molar-refractivity contribution in [2.24, 2.45) is 0 Å². The third-order valence-corrected chi connectivity index (χ3v) is 5.05. The van der Waals surface area contributed by atoms with Crippen LogP contribution in [0.2, 0.25) is 0 Å². The van der Waals surface area contributed by atoms with Gasteiger partial charge in [0.1, 0.15) is 18.9 Å². The number of nitrogens with one attached hydrogen (secondary N) is 1. The number of aromatic nitrogens is 3. The van der Waals surface area contributed by atoms with Crippen molar-refractivity contribution in [3.63, 3.8) is 0 Å². The van der Waals surface area contributed by atoms with Crippen molar-refractivity contribution < 1.29 is 14.4 Å². The third kappa shape index (κ3) is 3.47. The van der Waals surface area contributed by atoms with Crippen LogP contribution in [0.25, 0.3) is 11.4 Å². The minimum Gasteiger partial charge on any atom is -0.325 e. The molecule has 9 nitrogen and oxygen atoms in total. The summed E-state index contributed by atoms with van der Waals surface area (Å²) in [6.45, 7) is 0.590. The van der Waals surface area contributed by atoms with Crippen LogP contribution in [-0.4, -0.2) is 62.5 Å². The van der Waals surface area contributed by atoms with Crippen LogP contribution in [0.1, 0.15) is 25.1 Å². The number of aryl methyl sites for hydroxylation is 1. The number of rotatable bonds is 4. The normalized spacial score (nSPS) is 16.9. The molecule has 28 heavy (non-hydrogen) atoms. The molecular weight excluding hydrogens is 360 g/mol. The van der Waals surface area contributed by atoms with Crippen LogP contribution < -0.4 is 5.32 Å². The number of nitrogens with zero attached hydrogens (tertiary/aromatic N) is 5. The van der Waals surface area contributed by atoms with Crippen LogP contribution >= 0.6 is 0 Å². The third-order valence-electron chi connectivity index (χ3n) is 5.05. The molecule has 0 aliphatic carbocycles. The molecule has 1 N–H and O–H groups in total. The zero-order valence-corrected chi connectivity index (χ0v) is 15.7. The molecule has 0 saturated carbocycles. The van der Waals surface area contributed by atoms with Gasteiger partial charge in [-0.05, 0) is 25.0 Å². The van der Waals surface area contributed by atoms with E-state index in [4.69, 9.17) is 0 Å². The minimum atomic E-state index is -0.458. The van der Waals surface area contributed by atoms with Gasteiger partial charge in [-0.1, -0.05) is 18.6 Å². The molecule has 0 atom stereocenters. The van der Waals surface area contributed by atoms with Crippen LogP contribution in [0.5, 0.6) is 0 Å². The molecule has 2 aliphatic rings. The largest absolute Gasteiger partial charge is 0.327 e. The number of carbonyl (C=O) groups excluding carboxylic acids is 3. The van der Waals surface area contributed by atoms with Crippen molar-refractivity contribution in [2.45, 2.75) is 32.2 Å². The molecule has 0 spiro atoms. The highest BCUT2D eigenvalue weighted by Crippen LogP contribution is 2.25. The number of hydrogen-bond donors (Lipinski definition) is 1. The first-order valence-electron chi connectivity index (χ1n) is 9.41. The summed E-state index contributed by atoms with van der Waals surface area (Å²) >= 11 is 0. The van der Waals surface area contributed by atoms with Crippen LogP contribution in [0.15, 0.2) is 24.3 Å². The van der Waals surface area contributed by atoms with Gasteiger partial charge in [-0.15, -0.1) is 10.2 Å². The zero-order chi connectivity index (χ0) is 19.7. The molecule has 1 saturated heterocycles. The lowest BCUT2D eigenvalue weighted by atomic mass is 10.2. The zero-order valence-electron chi connectivity index (χ0n) is 15.7. The molecule has 0 radical (unpaired) electrons. The van der Waals surface area contributed by atoms with Gasteiger partial charge >= 0.3 is 6.03 Å². The molecule has 9 heteroatoms. The van der Waals surface area contributed by atoms with E-state index < -0.39 is 11.9 Å². The van der Waals surface area contributed by atoms with E-state index in [1.165, 1.54) is 18.4 Å². The Balaban J connectivity index is 1.49. The lowest BCUT2D eigenvalue weighted by Crippen LogP contribution is -2.38. The number of likely N-dealkylation sites (N-methyl/N-ethyl adjacent to an activating group) is 1. The molecule has 3 heterocycles. The summed E-state index contributed by atoms with van der Waals surface area (Å²) in [4.78, 5) is 38.3. The number of urea groups is 1. The van der Waals surface area contributed by atoms with Crippen LogP contribution in [0, 0.1) is 0 Å². The number of carbonyl (C=O) groups is 3. The Morgan fingerprint density at radius 1 is 1.18 bits per heavy atom. The van der Waals surface area contributed by atoms with Crippen LogP contribution in [0.4, 0.5) is 10.5 Å². The van der Waals surface area contributed by atoms with Crippen molar-refractivity contribution in [1.29, 1.82) is 0 Å². The lowest BCUT2D eigenvalue weighted by molar-refractivity contribution is -0.129. The van der Waals surface area contributed by atoms with Gasteiger partial charge in [0.15, 0.2) is 5.82 Å². The quantitative estimate of drug-likeness (QED) is 0.808. The van der Waals surface area contributed by atoms with Crippen molar-refractivity contribution in [3.8, 4) is 11.4 Å². The molecule has 1 aromatic heterocycles. The molecule has 4 amide bonds. The number of benzene rings is 1. The second-order valence-electron chi connectivity index (χ2n) is 7.15. The number of fused-ring (bicyclic) bond motifs is 1. The summed E-state index contributed by atoms with van der Waals surface area (Å²) < 4.78 is 2.14. The number of imide groups is 1. The van der Waals surface area contributed by atoms with Gasteiger partial charge in [0.25, 0.3) is 5.91 Å². The molecule has 146 valence electrons. The maximum absolute atomic E-state index is 12.3. The molecule has 1 aromatic carbocycles. The fourth-order valence-corrected chi connectivity index (χ4v) is 3.60. The Morgan fingerprint density at radius 2 is 2.04 bits per heavy atom. The topological polar surface area (TPSA) is 100 Å². The van der Waals surface area contributed by atoms with Gasteiger partial charge in [-0.25, -0.2) is 4.79 Å². The van der Waals surface area contributed by atoms with Crippen molar-refractivity contribution >= 4 is 23.5 Å². The maximum Gasteiger partial charge on any atom is 0.327 e. The summed E-state index contributed by atoms with van der Waals surface area (Å²) in [5, 5.41) is 11.4. The first-order chi connectivity index (χ1) is 13.5. The van der Waals surface area contributed by atoms with Gasteiger partial charge in [-0.2, -0.15) is 0 Å². The Bertz CT molecular complexity index is 938. The molecule has 4 rings (SSSR count). The first-order valence-corrected chi connectivity index (χ1v) is 9.41. The standard InChI is InChI=1S/C19H22N6O3/c1-23-12-17(27)25(19(23)28)11-16(26)20-14-7-5-6-13(10-14)18-22-21-15-8-3-2-4-9-24(15)18/h5-7,10H,2-4,8-9,11-12H2,1H3,(H,20,26). The number of hydrogen-bond acceptors (Lipinski definition) is 5. The Hall–Kier alpha value is -3.23. The van der Waals surface area contributed by atoms with Gasteiger partial charge in [0.05, 0.1) is 0 Å². The van der Waals surface area contributed by atoms with Crippen LogP contribution in [0.3, 0.4) is 0 Å². The monoisotopic (exact) mass is 382 g/mol. The summed E-state index contributed by atoms with van der Waals surface area (Å²) in [5.41, 5.74) is 1.45. The van der Waals surface area contributed by atoms with E-state index >= 15 is 0 Å². The summed E-state index contributed by atoms with van der Waals surface area (Å²) in [6.07, 6.45) is 4.33. The van der Waals surface area contributed by atoms with E-state index in [-0.39, 0.29) is 19.0 Å². The van der Waals surface area contributed by atoms with E-state index in [1.807, 2.05) is 18.2 Å². The second kappa shape index (κ2) is 7.41. The summed E-state index contributed by atoms with van der Waals surface area (Å²) in [6, 6.07) is 6.91. The molecular formula is C19H22N6O3. The maximum atomic E-state index is 12.3. The predicted octanol–water partition coefficient (Wildman–Crippen LogP) is 1.50. The molecule has 2 aromatic rings. The Morgan fingerprint density at radius 3 is 2.82 bits per heavy atom. The van der Waals surface area contributed by atoms with E-state index in [0.717, 1.165) is 47.9 Å². The number of amides is 4. The Kier molecular flexibility index (Phi) is 4.81. The molecule has 1 fully saturated rings. The van der Waals surface area contributed by atoms with E-state index in [9.17, 15) is 14.4 Å². The van der Waals surface area contributed by atoms with Gasteiger partial charge < -0.3 is 14.8 Å². The van der Waals surface area contributed by atoms with Crippen molar-refractivity contribution in [1.82, 2.24) is 24.6 Å². The highest BCUT2D eigenvalue weighted by Gasteiger charge is 2.34. The predicted molar refractivity (Wildman–Crippen MR) is 101 cm³/mol. The smallest absolute Gasteiger partial charge is 0.325 e. The molecule has 0 unspecified atom stereocenters. The average Bonchev–Trinajstić information content (AvgIpc) is 3.07. The average molecular weight is 382 g/mol. The van der Waals surface area contributed by atoms with Crippen molar-refractivity contribution in [3.05, 3.63) is 30.1 Å². The Labute approximate surface area is 162 Å². The van der Waals surface area contributed by atoms with Gasteiger partial charge in [0, 0.05) is 31.3 Å².